The second kappa shape index (κ2) is 8.07. The lowest BCUT2D eigenvalue weighted by Gasteiger charge is -2.09. The van der Waals surface area contributed by atoms with Crippen molar-refractivity contribution in [3.05, 3.63) is 77.5 Å². The van der Waals surface area contributed by atoms with Gasteiger partial charge in [0, 0.05) is 17.5 Å². The summed E-state index contributed by atoms with van der Waals surface area (Å²) in [6.07, 6.45) is 0.718. The van der Waals surface area contributed by atoms with Crippen LogP contribution in [0.4, 0.5) is 8.78 Å². The van der Waals surface area contributed by atoms with Crippen LogP contribution < -0.4 is 4.74 Å². The third-order valence-corrected chi connectivity index (χ3v) is 4.34. The molecule has 0 aliphatic heterocycles. The fraction of sp³-hybridized carbons (Fsp3) is 0.158. The molecule has 2 aromatic carbocycles. The highest BCUT2D eigenvalue weighted by Gasteiger charge is 2.09. The average Bonchev–Trinajstić information content (AvgIpc) is 2.63. The molecule has 1 aromatic heterocycles. The lowest BCUT2D eigenvalue weighted by atomic mass is 10.2. The number of hydrogen-bond donors (Lipinski definition) is 0. The minimum atomic E-state index is -0.328. The van der Waals surface area contributed by atoms with Crippen LogP contribution in [0, 0.1) is 11.6 Å². The summed E-state index contributed by atoms with van der Waals surface area (Å²) in [4.78, 5) is 8.80. The summed E-state index contributed by atoms with van der Waals surface area (Å²) in [6, 6.07) is 14.1. The maximum absolute atomic E-state index is 13.7. The summed E-state index contributed by atoms with van der Waals surface area (Å²) >= 11 is 1.34. The molecule has 0 radical (unpaired) electrons. The molecule has 25 heavy (non-hydrogen) atoms. The molecule has 0 atom stereocenters. The molecule has 0 spiro atoms. The number of rotatable bonds is 6. The number of halogens is 2. The lowest BCUT2D eigenvalue weighted by Crippen LogP contribution is -1.98. The van der Waals surface area contributed by atoms with Gasteiger partial charge >= 0.3 is 0 Å². The van der Waals surface area contributed by atoms with Crippen molar-refractivity contribution in [3.8, 4) is 11.6 Å². The van der Waals surface area contributed by atoms with Crippen molar-refractivity contribution in [3.63, 3.8) is 0 Å². The van der Waals surface area contributed by atoms with Gasteiger partial charge in [0.15, 0.2) is 5.16 Å². The summed E-state index contributed by atoms with van der Waals surface area (Å²) < 4.78 is 32.4. The molecule has 1 heterocycles. The topological polar surface area (TPSA) is 35.0 Å². The normalized spacial score (nSPS) is 10.7. The average molecular weight is 358 g/mol. The number of nitrogens with zero attached hydrogens (tertiary/aromatic N) is 2. The molecular formula is C19H16F2N2OS. The minimum absolute atomic E-state index is 0.246. The van der Waals surface area contributed by atoms with Gasteiger partial charge in [-0.2, -0.15) is 4.98 Å². The summed E-state index contributed by atoms with van der Waals surface area (Å²) in [5.74, 6) is 0.729. The molecule has 0 amide bonds. The third kappa shape index (κ3) is 4.76. The second-order valence-electron chi connectivity index (χ2n) is 5.27. The van der Waals surface area contributed by atoms with E-state index in [2.05, 4.69) is 9.97 Å². The maximum atomic E-state index is 13.7. The van der Waals surface area contributed by atoms with Crippen molar-refractivity contribution < 1.29 is 13.5 Å². The van der Waals surface area contributed by atoms with Crippen molar-refractivity contribution >= 4 is 11.8 Å². The molecule has 0 unspecified atom stereocenters. The molecule has 0 saturated carbocycles. The van der Waals surface area contributed by atoms with Crippen LogP contribution in [0.5, 0.6) is 11.6 Å². The molecule has 0 bridgehead atoms. The van der Waals surface area contributed by atoms with E-state index < -0.39 is 0 Å². The molecular weight excluding hydrogens is 342 g/mol. The Morgan fingerprint density at radius 1 is 1.00 bits per heavy atom. The highest BCUT2D eigenvalue weighted by Crippen LogP contribution is 2.26. The van der Waals surface area contributed by atoms with Crippen LogP contribution in [-0.2, 0) is 12.2 Å². The number of aryl methyl sites for hydroxylation is 1. The first-order valence-corrected chi connectivity index (χ1v) is 8.80. The Hall–Kier alpha value is -2.47. The molecule has 128 valence electrons. The van der Waals surface area contributed by atoms with Crippen molar-refractivity contribution in [2.75, 3.05) is 0 Å². The summed E-state index contributed by atoms with van der Waals surface area (Å²) in [5.41, 5.74) is 1.42. The molecule has 3 rings (SSSR count). The SMILES string of the molecule is CCc1cc(Oc2ccc(F)cc2)nc(SCc2ccccc2F)n1. The van der Waals surface area contributed by atoms with E-state index in [1.807, 2.05) is 6.92 Å². The number of benzene rings is 2. The third-order valence-electron chi connectivity index (χ3n) is 3.45. The predicted molar refractivity (Wildman–Crippen MR) is 93.8 cm³/mol. The van der Waals surface area contributed by atoms with E-state index in [1.165, 1.54) is 42.1 Å². The predicted octanol–water partition coefficient (Wildman–Crippen LogP) is 5.40. The van der Waals surface area contributed by atoms with Gasteiger partial charge in [-0.1, -0.05) is 36.9 Å². The molecule has 0 fully saturated rings. The lowest BCUT2D eigenvalue weighted by molar-refractivity contribution is 0.452. The standard InChI is InChI=1S/C19H16F2N2OS/c1-2-15-11-18(24-16-9-7-14(20)8-10-16)23-19(22-15)25-12-13-5-3-4-6-17(13)21/h3-11H,2,12H2,1H3. The highest BCUT2D eigenvalue weighted by atomic mass is 32.2. The van der Waals surface area contributed by atoms with Gasteiger partial charge in [-0.05, 0) is 42.3 Å². The van der Waals surface area contributed by atoms with E-state index >= 15 is 0 Å². The summed E-state index contributed by atoms with van der Waals surface area (Å²) in [5, 5.41) is 0.514. The largest absolute Gasteiger partial charge is 0.439 e. The monoisotopic (exact) mass is 358 g/mol. The number of aromatic nitrogens is 2. The molecule has 3 nitrogen and oxygen atoms in total. The van der Waals surface area contributed by atoms with Crippen LogP contribution in [0.1, 0.15) is 18.2 Å². The Balaban J connectivity index is 1.77. The quantitative estimate of drug-likeness (QED) is 0.436. The van der Waals surface area contributed by atoms with Crippen molar-refractivity contribution in [1.29, 1.82) is 0 Å². The summed E-state index contributed by atoms with van der Waals surface area (Å²) in [6.45, 7) is 1.98. The zero-order valence-corrected chi connectivity index (χ0v) is 14.4. The first kappa shape index (κ1) is 17.4. The van der Waals surface area contributed by atoms with Gasteiger partial charge in [0.2, 0.25) is 5.88 Å². The molecule has 3 aromatic rings. The van der Waals surface area contributed by atoms with Crippen LogP contribution in [0.15, 0.2) is 59.8 Å². The first-order valence-electron chi connectivity index (χ1n) is 7.81. The Morgan fingerprint density at radius 2 is 1.76 bits per heavy atom. The maximum Gasteiger partial charge on any atom is 0.223 e. The van der Waals surface area contributed by atoms with E-state index in [0.717, 1.165) is 12.1 Å². The van der Waals surface area contributed by atoms with Crippen molar-refractivity contribution in [1.82, 2.24) is 9.97 Å². The van der Waals surface area contributed by atoms with E-state index in [-0.39, 0.29) is 11.6 Å². The van der Waals surface area contributed by atoms with Gasteiger partial charge in [-0.15, -0.1) is 0 Å². The van der Waals surface area contributed by atoms with Crippen LogP contribution >= 0.6 is 11.8 Å². The smallest absolute Gasteiger partial charge is 0.223 e. The molecule has 0 aliphatic rings. The zero-order chi connectivity index (χ0) is 17.6. The van der Waals surface area contributed by atoms with Crippen molar-refractivity contribution in [2.45, 2.75) is 24.3 Å². The minimum Gasteiger partial charge on any atom is -0.439 e. The number of thioether (sulfide) groups is 1. The van der Waals surface area contributed by atoms with Crippen molar-refractivity contribution in [2.24, 2.45) is 0 Å². The van der Waals surface area contributed by atoms with Crippen LogP contribution in [0.2, 0.25) is 0 Å². The van der Waals surface area contributed by atoms with Gasteiger partial charge in [0.1, 0.15) is 17.4 Å². The Labute approximate surface area is 149 Å². The number of ether oxygens (including phenoxy) is 1. The first-order chi connectivity index (χ1) is 12.1. The molecule has 0 saturated heterocycles. The van der Waals surface area contributed by atoms with Crippen LogP contribution in [-0.4, -0.2) is 9.97 Å². The zero-order valence-electron chi connectivity index (χ0n) is 13.6. The van der Waals surface area contributed by atoms with Crippen LogP contribution in [0.25, 0.3) is 0 Å². The summed E-state index contributed by atoms with van der Waals surface area (Å²) in [7, 11) is 0. The number of hydrogen-bond acceptors (Lipinski definition) is 4. The Bertz CT molecular complexity index is 856. The fourth-order valence-corrected chi connectivity index (χ4v) is 2.98. The molecule has 6 heteroatoms. The fourth-order valence-electron chi connectivity index (χ4n) is 2.13. The Kier molecular flexibility index (Phi) is 5.60. The van der Waals surface area contributed by atoms with E-state index in [4.69, 9.17) is 4.74 Å². The van der Waals surface area contributed by atoms with Gasteiger partial charge in [-0.3, -0.25) is 0 Å². The van der Waals surface area contributed by atoms with E-state index in [9.17, 15) is 8.78 Å². The van der Waals surface area contributed by atoms with Gasteiger partial charge in [0.05, 0.1) is 0 Å². The van der Waals surface area contributed by atoms with Gasteiger partial charge in [0.25, 0.3) is 0 Å². The molecule has 0 aliphatic carbocycles. The van der Waals surface area contributed by atoms with Gasteiger partial charge < -0.3 is 4.74 Å². The van der Waals surface area contributed by atoms with Gasteiger partial charge in [-0.25, -0.2) is 13.8 Å². The molecule has 0 N–H and O–H groups in total. The van der Waals surface area contributed by atoms with E-state index in [1.54, 1.807) is 24.3 Å². The Morgan fingerprint density at radius 3 is 2.48 bits per heavy atom. The highest BCUT2D eigenvalue weighted by molar-refractivity contribution is 7.98. The van der Waals surface area contributed by atoms with Crippen LogP contribution in [0.3, 0.4) is 0 Å². The van der Waals surface area contributed by atoms with E-state index in [0.29, 0.717) is 28.1 Å². The second-order valence-corrected chi connectivity index (χ2v) is 6.21.